The van der Waals surface area contributed by atoms with Gasteiger partial charge in [-0.3, -0.25) is 4.98 Å². The summed E-state index contributed by atoms with van der Waals surface area (Å²) in [4.78, 5) is 12.8. The molecule has 0 aliphatic carbocycles. The lowest BCUT2D eigenvalue weighted by Gasteiger charge is -2.11. The summed E-state index contributed by atoms with van der Waals surface area (Å²) in [6.45, 7) is 2.27. The van der Waals surface area contributed by atoms with E-state index in [4.69, 9.17) is 0 Å². The van der Waals surface area contributed by atoms with Gasteiger partial charge in [0.2, 0.25) is 5.95 Å². The normalized spacial score (nSPS) is 11.2. The number of rotatable bonds is 5. The maximum absolute atomic E-state index is 12.6. The number of aromatic nitrogens is 3. The van der Waals surface area contributed by atoms with Crippen molar-refractivity contribution in [3.8, 4) is 0 Å². The minimum absolute atomic E-state index is 0.407. The van der Waals surface area contributed by atoms with Gasteiger partial charge in [0.25, 0.3) is 0 Å². The standard InChI is InChI=1S/C18H16F3N5/c1-12-10-16(25-14-7-5-13(6-8-14)18(19,20)21)26-17(24-12)23-11-15-4-2-3-9-22-15/h2-10H,11H2,1H3,(H2,23,24,25,26). The van der Waals surface area contributed by atoms with Crippen LogP contribution in [0.25, 0.3) is 0 Å². The fraction of sp³-hybridized carbons (Fsp3) is 0.167. The van der Waals surface area contributed by atoms with Crippen molar-refractivity contribution in [2.24, 2.45) is 0 Å². The molecule has 0 bridgehead atoms. The van der Waals surface area contributed by atoms with Crippen LogP contribution in [0.1, 0.15) is 17.0 Å². The van der Waals surface area contributed by atoms with Gasteiger partial charge in [-0.25, -0.2) is 4.98 Å². The predicted molar refractivity (Wildman–Crippen MR) is 93.1 cm³/mol. The van der Waals surface area contributed by atoms with E-state index in [9.17, 15) is 13.2 Å². The average Bonchev–Trinajstić information content (AvgIpc) is 2.60. The monoisotopic (exact) mass is 359 g/mol. The van der Waals surface area contributed by atoms with Crippen LogP contribution in [0.5, 0.6) is 0 Å². The molecule has 0 saturated heterocycles. The molecule has 0 unspecified atom stereocenters. The number of hydrogen-bond donors (Lipinski definition) is 2. The molecule has 8 heteroatoms. The van der Waals surface area contributed by atoms with Crippen LogP contribution in [-0.4, -0.2) is 15.0 Å². The number of nitrogens with one attached hydrogen (secondary N) is 2. The Morgan fingerprint density at radius 1 is 1.00 bits per heavy atom. The van der Waals surface area contributed by atoms with Crippen LogP contribution in [0, 0.1) is 6.92 Å². The van der Waals surface area contributed by atoms with Crippen LogP contribution in [0.3, 0.4) is 0 Å². The first-order valence-electron chi connectivity index (χ1n) is 7.84. The van der Waals surface area contributed by atoms with Gasteiger partial charge in [0.1, 0.15) is 5.82 Å². The molecule has 0 spiro atoms. The molecule has 0 aliphatic heterocycles. The Kier molecular flexibility index (Phi) is 5.01. The summed E-state index contributed by atoms with van der Waals surface area (Å²) in [6, 6.07) is 12.1. The van der Waals surface area contributed by atoms with Gasteiger partial charge in [-0.15, -0.1) is 0 Å². The molecule has 0 saturated carbocycles. The Morgan fingerprint density at radius 2 is 1.77 bits per heavy atom. The third-order valence-electron chi connectivity index (χ3n) is 3.49. The molecule has 0 aliphatic rings. The fourth-order valence-corrected chi connectivity index (χ4v) is 2.27. The summed E-state index contributed by atoms with van der Waals surface area (Å²) in [5.41, 5.74) is 1.37. The van der Waals surface area contributed by atoms with Crippen LogP contribution < -0.4 is 10.6 Å². The first-order chi connectivity index (χ1) is 12.4. The number of nitrogens with zero attached hydrogens (tertiary/aromatic N) is 3. The zero-order valence-electron chi connectivity index (χ0n) is 13.9. The molecule has 134 valence electrons. The summed E-state index contributed by atoms with van der Waals surface area (Å²) in [6.07, 6.45) is -2.65. The van der Waals surface area contributed by atoms with Gasteiger partial charge in [-0.05, 0) is 43.3 Å². The molecule has 0 radical (unpaired) electrons. The fourth-order valence-electron chi connectivity index (χ4n) is 2.27. The summed E-state index contributed by atoms with van der Waals surface area (Å²) >= 11 is 0. The zero-order chi connectivity index (χ0) is 18.6. The summed E-state index contributed by atoms with van der Waals surface area (Å²) in [5.74, 6) is 0.894. The van der Waals surface area contributed by atoms with Crippen molar-refractivity contribution in [2.45, 2.75) is 19.6 Å². The van der Waals surface area contributed by atoms with E-state index in [-0.39, 0.29) is 0 Å². The van der Waals surface area contributed by atoms with Gasteiger partial charge >= 0.3 is 6.18 Å². The molecule has 5 nitrogen and oxygen atoms in total. The number of anilines is 3. The predicted octanol–water partition coefficient (Wildman–Crippen LogP) is 4.55. The maximum atomic E-state index is 12.6. The number of benzene rings is 1. The minimum Gasteiger partial charge on any atom is -0.349 e. The summed E-state index contributed by atoms with van der Waals surface area (Å²) < 4.78 is 37.9. The molecule has 0 fully saturated rings. The van der Waals surface area contributed by atoms with E-state index < -0.39 is 11.7 Å². The number of halogens is 3. The van der Waals surface area contributed by atoms with Gasteiger partial charge in [-0.2, -0.15) is 18.2 Å². The second-order valence-corrected chi connectivity index (χ2v) is 5.59. The molecule has 26 heavy (non-hydrogen) atoms. The minimum atomic E-state index is -4.35. The lowest BCUT2D eigenvalue weighted by Crippen LogP contribution is -2.07. The van der Waals surface area contributed by atoms with Gasteiger partial charge in [0.05, 0.1) is 17.8 Å². The summed E-state index contributed by atoms with van der Waals surface area (Å²) in [7, 11) is 0. The molecule has 2 N–H and O–H groups in total. The second kappa shape index (κ2) is 7.38. The van der Waals surface area contributed by atoms with Crippen LogP contribution in [-0.2, 0) is 12.7 Å². The van der Waals surface area contributed by atoms with E-state index in [2.05, 4.69) is 25.6 Å². The van der Waals surface area contributed by atoms with Gasteiger partial charge in [0, 0.05) is 23.6 Å². The maximum Gasteiger partial charge on any atom is 0.416 e. The van der Waals surface area contributed by atoms with Crippen molar-refractivity contribution in [1.29, 1.82) is 0 Å². The lowest BCUT2D eigenvalue weighted by molar-refractivity contribution is -0.137. The highest BCUT2D eigenvalue weighted by molar-refractivity contribution is 5.58. The number of pyridine rings is 1. The lowest BCUT2D eigenvalue weighted by atomic mass is 10.2. The van der Waals surface area contributed by atoms with Crippen LogP contribution in [0.15, 0.2) is 54.7 Å². The topological polar surface area (TPSA) is 62.7 Å². The highest BCUT2D eigenvalue weighted by atomic mass is 19.4. The van der Waals surface area contributed by atoms with Gasteiger partial charge in [-0.1, -0.05) is 6.07 Å². The van der Waals surface area contributed by atoms with E-state index in [0.717, 1.165) is 23.5 Å². The third-order valence-corrected chi connectivity index (χ3v) is 3.49. The largest absolute Gasteiger partial charge is 0.416 e. The summed E-state index contributed by atoms with van der Waals surface area (Å²) in [5, 5.41) is 6.07. The molecule has 2 heterocycles. The van der Waals surface area contributed by atoms with Crippen molar-refractivity contribution in [2.75, 3.05) is 10.6 Å². The van der Waals surface area contributed by atoms with Crippen molar-refractivity contribution in [3.05, 3.63) is 71.7 Å². The molecule has 1 aromatic carbocycles. The van der Waals surface area contributed by atoms with Crippen molar-refractivity contribution in [3.63, 3.8) is 0 Å². The smallest absolute Gasteiger partial charge is 0.349 e. The van der Waals surface area contributed by atoms with Gasteiger partial charge < -0.3 is 10.6 Å². The molecule has 3 aromatic rings. The second-order valence-electron chi connectivity index (χ2n) is 5.59. The molecular formula is C18H16F3N5. The van der Waals surface area contributed by atoms with Gasteiger partial charge in [0.15, 0.2) is 0 Å². The SMILES string of the molecule is Cc1cc(Nc2ccc(C(F)(F)F)cc2)nc(NCc2ccccn2)n1. The molecule has 0 atom stereocenters. The Hall–Kier alpha value is -3.16. The van der Waals surface area contributed by atoms with E-state index in [0.29, 0.717) is 24.0 Å². The number of hydrogen-bond acceptors (Lipinski definition) is 5. The van der Waals surface area contributed by atoms with E-state index >= 15 is 0 Å². The highest BCUT2D eigenvalue weighted by Gasteiger charge is 2.29. The Balaban J connectivity index is 1.71. The molecule has 2 aromatic heterocycles. The van der Waals surface area contributed by atoms with Crippen molar-refractivity contribution < 1.29 is 13.2 Å². The van der Waals surface area contributed by atoms with Crippen molar-refractivity contribution >= 4 is 17.5 Å². The Morgan fingerprint density at radius 3 is 2.42 bits per heavy atom. The first-order valence-corrected chi connectivity index (χ1v) is 7.84. The first kappa shape index (κ1) is 17.7. The number of alkyl halides is 3. The van der Waals surface area contributed by atoms with Crippen LogP contribution >= 0.6 is 0 Å². The zero-order valence-corrected chi connectivity index (χ0v) is 13.9. The highest BCUT2D eigenvalue weighted by Crippen LogP contribution is 2.30. The molecule has 3 rings (SSSR count). The van der Waals surface area contributed by atoms with E-state index in [1.165, 1.54) is 12.1 Å². The van der Waals surface area contributed by atoms with Crippen LogP contribution in [0.4, 0.5) is 30.6 Å². The Labute approximate surface area is 148 Å². The Bertz CT molecular complexity index is 864. The van der Waals surface area contributed by atoms with E-state index in [1.54, 1.807) is 12.3 Å². The number of aryl methyl sites for hydroxylation is 1. The quantitative estimate of drug-likeness (QED) is 0.699. The van der Waals surface area contributed by atoms with Crippen LogP contribution in [0.2, 0.25) is 0 Å². The average molecular weight is 359 g/mol. The van der Waals surface area contributed by atoms with E-state index in [1.807, 2.05) is 25.1 Å². The molecular weight excluding hydrogens is 343 g/mol. The molecule has 0 amide bonds. The third kappa shape index (κ3) is 4.69. The van der Waals surface area contributed by atoms with Crippen molar-refractivity contribution in [1.82, 2.24) is 15.0 Å².